The van der Waals surface area contributed by atoms with Crippen LogP contribution in [0.4, 0.5) is 4.79 Å². The van der Waals surface area contributed by atoms with Gasteiger partial charge in [0.1, 0.15) is 26.2 Å². The number of carboxylic acid groups (broad SMARTS) is 1. The van der Waals surface area contributed by atoms with E-state index in [4.69, 9.17) is 38.0 Å². The highest BCUT2D eigenvalue weighted by atomic mass is 79.9. The minimum Gasteiger partial charge on any atom is -0.480 e. The van der Waals surface area contributed by atoms with Gasteiger partial charge in [-0.15, -0.1) is 16.4 Å². The molecular weight excluding hydrogens is 1080 g/mol. The molecule has 0 unspecified atom stereocenters. The Morgan fingerprint density at radius 2 is 1.28 bits per heavy atom. The third-order valence-corrected chi connectivity index (χ3v) is 12.3. The Hall–Kier alpha value is -7.24. The summed E-state index contributed by atoms with van der Waals surface area (Å²) in [7, 11) is 1.31. The molecule has 0 spiro atoms. The third kappa shape index (κ3) is 19.3. The molecule has 0 aliphatic carbocycles. The molecule has 0 saturated heterocycles. The average Bonchev–Trinajstić information content (AvgIpc) is 4.00. The molecule has 74 heavy (non-hydrogen) atoms. The van der Waals surface area contributed by atoms with E-state index < -0.39 is 105 Å². The molecule has 0 aliphatic rings. The molecule has 2 aromatic carbocycles. The van der Waals surface area contributed by atoms with Crippen molar-refractivity contribution in [1.82, 2.24) is 50.7 Å². The first-order valence-electron chi connectivity index (χ1n) is 22.7. The smallest absolute Gasteiger partial charge is 0.437 e. The number of rotatable bonds is 28. The fraction of sp³-hybridized carbons (Fsp3) is 0.400. The molecule has 0 fully saturated rings. The van der Waals surface area contributed by atoms with Gasteiger partial charge in [-0.05, 0) is 92.9 Å². The number of aromatic nitrogens is 2. The highest BCUT2D eigenvalue weighted by molar-refractivity contribution is 9.10. The van der Waals surface area contributed by atoms with Crippen molar-refractivity contribution in [3.63, 3.8) is 0 Å². The largest absolute Gasteiger partial charge is 0.480 e. The highest BCUT2D eigenvalue weighted by Crippen LogP contribution is 2.33. The molecule has 0 radical (unpaired) electrons. The Labute approximate surface area is 441 Å². The average molecular weight is 1140 g/mol. The van der Waals surface area contributed by atoms with E-state index in [9.17, 15) is 53.1 Å². The second-order valence-corrected chi connectivity index (χ2v) is 18.4. The lowest BCUT2D eigenvalue weighted by molar-refractivity contribution is -0.149. The normalized spacial score (nSPS) is 10.8. The van der Waals surface area contributed by atoms with E-state index in [1.165, 1.54) is 52.5 Å². The number of unbranched alkanes of at least 4 members (excludes halogenated alkanes) is 2. The van der Waals surface area contributed by atoms with Crippen LogP contribution in [0.3, 0.4) is 0 Å². The van der Waals surface area contributed by atoms with Gasteiger partial charge in [0, 0.05) is 46.7 Å². The maximum Gasteiger partial charge on any atom is 0.437 e. The van der Waals surface area contributed by atoms with E-state index >= 15 is 0 Å². The quantitative estimate of drug-likeness (QED) is 0.0292. The highest BCUT2D eigenvalue weighted by Gasteiger charge is 2.31. The summed E-state index contributed by atoms with van der Waals surface area (Å²) in [5.41, 5.74) is 21.9. The first-order chi connectivity index (χ1) is 35.3. The van der Waals surface area contributed by atoms with E-state index in [-0.39, 0.29) is 49.3 Å². The van der Waals surface area contributed by atoms with Gasteiger partial charge in [0.25, 0.3) is 23.6 Å². The number of benzene rings is 2. The molecule has 26 nitrogen and oxygen atoms in total. The zero-order valence-electron chi connectivity index (χ0n) is 40.2. The number of primary amides is 1. The van der Waals surface area contributed by atoms with Crippen LogP contribution in [0.15, 0.2) is 74.3 Å². The molecule has 2 aromatic heterocycles. The number of halogens is 2. The number of methoxy groups -OCH3 is 1. The summed E-state index contributed by atoms with van der Waals surface area (Å²) in [5, 5.41) is 16.5. The minimum absolute atomic E-state index is 0.00621. The van der Waals surface area contributed by atoms with Crippen LogP contribution in [-0.2, 0) is 44.8 Å². The standard InChI is InChI=1S/C45H57BrClN13O13S/c1-72-21-20-57(25-37(63)56(19-5-3-17-49)24-36(62)55(23-35(50)61)18-4-2-16-48)38(64)26-59(54-44(70)51-22-41(67)68)39(65)27-58(52-42(69)30-8-12-32(47)13-9-30)40(66)28-60-45(71)73-43(53-60)34-15-14-33(74-34)29-6-10-31(46)11-7-29/h6-15H,2-5,16-28,48-49H2,1H3,(H2,50,61)(H,52,69)(H,67,68)(H2,51,54,70). The van der Waals surface area contributed by atoms with E-state index in [2.05, 4.69) is 31.9 Å². The summed E-state index contributed by atoms with van der Waals surface area (Å²) in [6, 6.07) is 15.0. The summed E-state index contributed by atoms with van der Waals surface area (Å²) >= 11 is 10.7. The second kappa shape index (κ2) is 30.1. The number of nitrogens with zero attached hydrogens (tertiary/aromatic N) is 7. The van der Waals surface area contributed by atoms with E-state index in [1.807, 2.05) is 29.6 Å². The van der Waals surface area contributed by atoms with Gasteiger partial charge < -0.3 is 51.5 Å². The molecule has 0 atom stereocenters. The van der Waals surface area contributed by atoms with Crippen LogP contribution in [-0.4, -0.2) is 179 Å². The lowest BCUT2D eigenvalue weighted by Gasteiger charge is -2.31. The van der Waals surface area contributed by atoms with Gasteiger partial charge in [-0.3, -0.25) is 43.8 Å². The van der Waals surface area contributed by atoms with E-state index in [0.717, 1.165) is 19.8 Å². The molecule has 4 aromatic rings. The van der Waals surface area contributed by atoms with Gasteiger partial charge in [0.05, 0.1) is 31.1 Å². The van der Waals surface area contributed by atoms with Crippen molar-refractivity contribution in [3.8, 4) is 21.2 Å². The van der Waals surface area contributed by atoms with E-state index in [1.54, 1.807) is 12.1 Å². The molecule has 10 N–H and O–H groups in total. The van der Waals surface area contributed by atoms with Crippen LogP contribution in [0.2, 0.25) is 5.02 Å². The van der Waals surface area contributed by atoms with Gasteiger partial charge in [-0.2, -0.15) is 4.68 Å². The van der Waals surface area contributed by atoms with Crippen molar-refractivity contribution in [1.29, 1.82) is 0 Å². The number of ether oxygens (including phenoxy) is 1. The molecular formula is C45H57BrClN13O13S. The summed E-state index contributed by atoms with van der Waals surface area (Å²) < 4.78 is 12.1. The Morgan fingerprint density at radius 1 is 0.730 bits per heavy atom. The Balaban J connectivity index is 1.63. The molecule has 2 heterocycles. The van der Waals surface area contributed by atoms with Crippen LogP contribution in [0, 0.1) is 0 Å². The molecule has 29 heteroatoms. The molecule has 0 bridgehead atoms. The second-order valence-electron chi connectivity index (χ2n) is 16.0. The first-order valence-corrected chi connectivity index (χ1v) is 24.7. The zero-order valence-corrected chi connectivity index (χ0v) is 43.3. The topological polar surface area (TPSA) is 361 Å². The number of nitrogens with one attached hydrogen (secondary N) is 3. The predicted octanol–water partition coefficient (Wildman–Crippen LogP) is 0.0440. The van der Waals surface area contributed by atoms with Crippen LogP contribution in [0.1, 0.15) is 36.0 Å². The van der Waals surface area contributed by atoms with E-state index in [0.29, 0.717) is 51.8 Å². The summed E-state index contributed by atoms with van der Waals surface area (Å²) in [6.07, 6.45) is 1.79. The lowest BCUT2D eigenvalue weighted by atomic mass is 10.2. The van der Waals surface area contributed by atoms with Crippen molar-refractivity contribution in [3.05, 3.63) is 86.3 Å². The van der Waals surface area contributed by atoms with Crippen LogP contribution in [0.5, 0.6) is 0 Å². The Morgan fingerprint density at radius 3 is 1.86 bits per heavy atom. The van der Waals surface area contributed by atoms with Crippen molar-refractivity contribution >= 4 is 92.2 Å². The SMILES string of the molecule is COCCN(CC(=O)N(CCCCN)CC(=O)N(CCCCN)CC(N)=O)C(=O)CN(NC(=O)NCC(=O)O)C(=O)CN(NC(=O)c1ccc(Cl)cc1)C(=O)Cn1nc(-c2ccc(-c3ccc(Br)cc3)s2)oc1=O. The van der Waals surface area contributed by atoms with Crippen LogP contribution < -0.4 is 39.1 Å². The number of amides is 9. The van der Waals surface area contributed by atoms with Gasteiger partial charge in [0.2, 0.25) is 23.6 Å². The number of carboxylic acids is 1. The maximum atomic E-state index is 14.3. The fourth-order valence-corrected chi connectivity index (χ4v) is 7.89. The number of aliphatic carboxylic acids is 1. The third-order valence-electron chi connectivity index (χ3n) is 10.4. The van der Waals surface area contributed by atoms with Gasteiger partial charge in [-0.25, -0.2) is 25.0 Å². The van der Waals surface area contributed by atoms with Gasteiger partial charge in [0.15, 0.2) is 0 Å². The number of nitrogens with two attached hydrogens (primary N) is 3. The number of hydrogen-bond acceptors (Lipinski definition) is 16. The van der Waals surface area contributed by atoms with Gasteiger partial charge >= 0.3 is 17.8 Å². The van der Waals surface area contributed by atoms with Crippen LogP contribution in [0.25, 0.3) is 21.2 Å². The number of hydrazine groups is 2. The molecule has 4 rings (SSSR count). The first kappa shape index (κ1) is 59.3. The number of urea groups is 1. The number of carbonyl (C=O) groups excluding carboxylic acids is 8. The summed E-state index contributed by atoms with van der Waals surface area (Å²) in [4.78, 5) is 137. The molecule has 0 saturated carbocycles. The minimum atomic E-state index is -1.47. The fourth-order valence-electron chi connectivity index (χ4n) is 6.57. The molecule has 9 amide bonds. The van der Waals surface area contributed by atoms with Crippen LogP contribution >= 0.6 is 38.9 Å². The van der Waals surface area contributed by atoms with Gasteiger partial charge in [-0.1, -0.05) is 39.7 Å². The zero-order chi connectivity index (χ0) is 54.3. The number of carbonyl (C=O) groups is 9. The summed E-state index contributed by atoms with van der Waals surface area (Å²) in [6.45, 7) is -5.44. The van der Waals surface area contributed by atoms with Crippen molar-refractivity contribution in [2.75, 3.05) is 85.7 Å². The lowest BCUT2D eigenvalue weighted by Crippen LogP contribution is -2.59. The Kier molecular flexibility index (Phi) is 24.1. The Bertz CT molecular complexity index is 2650. The maximum absolute atomic E-state index is 14.3. The van der Waals surface area contributed by atoms with Crippen molar-refractivity contribution in [2.45, 2.75) is 32.2 Å². The number of thiophene rings is 1. The monoisotopic (exact) mass is 1130 g/mol. The van der Waals surface area contributed by atoms with Crippen molar-refractivity contribution < 1.29 is 57.4 Å². The predicted molar refractivity (Wildman–Crippen MR) is 271 cm³/mol. The molecule has 400 valence electrons. The number of hydrogen-bond donors (Lipinski definition) is 7. The molecule has 0 aliphatic heterocycles. The summed E-state index contributed by atoms with van der Waals surface area (Å²) in [5.74, 6) is -9.19. The van der Waals surface area contributed by atoms with Crippen molar-refractivity contribution in [2.24, 2.45) is 17.2 Å².